The molecule has 1 aliphatic heterocycles. The number of carbonyl (C=O) groups excluding carboxylic acids is 1. The van der Waals surface area contributed by atoms with Crippen LogP contribution in [0.4, 0.5) is 5.82 Å². The average Bonchev–Trinajstić information content (AvgIpc) is 3.51. The van der Waals surface area contributed by atoms with Gasteiger partial charge in [-0.3, -0.25) is 9.36 Å². The minimum Gasteiger partial charge on any atom is -0.352 e. The Balaban J connectivity index is 1.24. The summed E-state index contributed by atoms with van der Waals surface area (Å²) in [6.07, 6.45) is 5.10. The third-order valence-electron chi connectivity index (χ3n) is 5.31. The van der Waals surface area contributed by atoms with Crippen molar-refractivity contribution in [2.24, 2.45) is 0 Å². The topological polar surface area (TPSA) is 111 Å². The number of benzene rings is 1. The molecule has 4 heterocycles. The van der Waals surface area contributed by atoms with Crippen LogP contribution >= 0.6 is 0 Å². The number of amides is 1. The third-order valence-corrected chi connectivity index (χ3v) is 5.31. The molecule has 0 aliphatic carbocycles. The maximum atomic E-state index is 13.0. The van der Waals surface area contributed by atoms with Gasteiger partial charge in [0.1, 0.15) is 12.2 Å². The van der Waals surface area contributed by atoms with Crippen LogP contribution in [0.2, 0.25) is 0 Å². The number of carbonyl (C=O) groups is 1. The largest absolute Gasteiger partial charge is 0.352 e. The van der Waals surface area contributed by atoms with E-state index in [9.17, 15) is 4.79 Å². The molecule has 1 saturated heterocycles. The van der Waals surface area contributed by atoms with Gasteiger partial charge in [-0.2, -0.15) is 0 Å². The fourth-order valence-electron chi connectivity index (χ4n) is 3.62. The molecule has 0 N–H and O–H groups in total. The average molecular weight is 416 g/mol. The number of aryl methyl sites for hydroxylation is 1. The van der Waals surface area contributed by atoms with E-state index in [1.807, 2.05) is 52.9 Å². The lowest BCUT2D eigenvalue weighted by molar-refractivity contribution is 0.0746. The summed E-state index contributed by atoms with van der Waals surface area (Å²) in [5.41, 5.74) is 1.36. The van der Waals surface area contributed by atoms with Gasteiger partial charge in [-0.05, 0) is 47.7 Å². The quantitative estimate of drug-likeness (QED) is 0.483. The fourth-order valence-corrected chi connectivity index (χ4v) is 3.62. The minimum atomic E-state index is -0.00779. The van der Waals surface area contributed by atoms with Crippen molar-refractivity contribution in [2.45, 2.75) is 6.92 Å². The van der Waals surface area contributed by atoms with E-state index >= 15 is 0 Å². The van der Waals surface area contributed by atoms with E-state index in [-0.39, 0.29) is 5.91 Å². The Hall–Kier alpha value is -4.15. The van der Waals surface area contributed by atoms with E-state index in [0.717, 1.165) is 23.1 Å². The van der Waals surface area contributed by atoms with Gasteiger partial charge < -0.3 is 9.80 Å². The molecule has 5 rings (SSSR count). The molecule has 1 amide bonds. The number of anilines is 1. The van der Waals surface area contributed by atoms with Crippen LogP contribution in [0, 0.1) is 6.92 Å². The highest BCUT2D eigenvalue weighted by molar-refractivity contribution is 5.95. The normalized spacial score (nSPS) is 14.1. The van der Waals surface area contributed by atoms with Crippen molar-refractivity contribution in [3.63, 3.8) is 0 Å². The molecule has 31 heavy (non-hydrogen) atoms. The molecule has 0 unspecified atom stereocenters. The monoisotopic (exact) mass is 416 g/mol. The first-order valence-corrected chi connectivity index (χ1v) is 9.91. The minimum absolute atomic E-state index is 0.00779. The van der Waals surface area contributed by atoms with Crippen LogP contribution in [0.25, 0.3) is 11.5 Å². The van der Waals surface area contributed by atoms with Gasteiger partial charge in [0.2, 0.25) is 0 Å². The highest BCUT2D eigenvalue weighted by atomic mass is 16.2. The molecular weight excluding hydrogens is 396 g/mol. The van der Waals surface area contributed by atoms with Crippen LogP contribution < -0.4 is 4.90 Å². The second-order valence-corrected chi connectivity index (χ2v) is 7.18. The molecule has 1 fully saturated rings. The molecule has 4 aromatic rings. The van der Waals surface area contributed by atoms with E-state index in [1.165, 1.54) is 11.0 Å². The van der Waals surface area contributed by atoms with Crippen molar-refractivity contribution in [2.75, 3.05) is 31.1 Å². The Kier molecular flexibility index (Phi) is 4.83. The first kappa shape index (κ1) is 18.9. The highest BCUT2D eigenvalue weighted by Gasteiger charge is 2.23. The lowest BCUT2D eigenvalue weighted by Gasteiger charge is -2.35. The Morgan fingerprint density at radius 1 is 1.00 bits per heavy atom. The van der Waals surface area contributed by atoms with Crippen LogP contribution in [-0.4, -0.2) is 76.9 Å². The number of hydrogen-bond acceptors (Lipinski definition) is 8. The van der Waals surface area contributed by atoms with Crippen molar-refractivity contribution in [3.05, 3.63) is 66.5 Å². The Labute approximate surface area is 177 Å². The zero-order valence-corrected chi connectivity index (χ0v) is 16.9. The van der Waals surface area contributed by atoms with Gasteiger partial charge in [-0.1, -0.05) is 6.07 Å². The number of piperazine rings is 1. The number of hydrogen-bond donors (Lipinski definition) is 0. The molecular formula is C20H20N10O. The molecule has 11 nitrogen and oxygen atoms in total. The van der Waals surface area contributed by atoms with Gasteiger partial charge in [-0.25, -0.2) is 9.67 Å². The lowest BCUT2D eigenvalue weighted by atomic mass is 10.1. The summed E-state index contributed by atoms with van der Waals surface area (Å²) in [4.78, 5) is 21.2. The second-order valence-electron chi connectivity index (χ2n) is 7.18. The first-order chi connectivity index (χ1) is 15.2. The van der Waals surface area contributed by atoms with Gasteiger partial charge in [0, 0.05) is 44.1 Å². The van der Waals surface area contributed by atoms with E-state index in [1.54, 1.807) is 12.3 Å². The maximum Gasteiger partial charge on any atom is 0.254 e. The lowest BCUT2D eigenvalue weighted by Crippen LogP contribution is -2.49. The van der Waals surface area contributed by atoms with Gasteiger partial charge in [-0.15, -0.1) is 15.3 Å². The molecule has 3 aromatic heterocycles. The van der Waals surface area contributed by atoms with Gasteiger partial charge in [0.05, 0.1) is 5.69 Å². The van der Waals surface area contributed by atoms with E-state index < -0.39 is 0 Å². The van der Waals surface area contributed by atoms with Crippen LogP contribution in [-0.2, 0) is 0 Å². The first-order valence-electron chi connectivity index (χ1n) is 9.91. The van der Waals surface area contributed by atoms with Crippen LogP contribution in [0.5, 0.6) is 0 Å². The van der Waals surface area contributed by atoms with Crippen molar-refractivity contribution in [3.8, 4) is 11.5 Å². The summed E-state index contributed by atoms with van der Waals surface area (Å²) in [5.74, 6) is 2.38. The Morgan fingerprint density at radius 2 is 1.81 bits per heavy atom. The number of rotatable bonds is 4. The number of tetrazole rings is 1. The standard InChI is InChI=1S/C20H20N10O/c1-15-21-7-8-29(15)19-6-5-18(23-24-19)27-9-11-28(12-10-27)20(31)16-3-2-4-17(13-16)30-14-22-25-26-30/h2-8,13-14H,9-12H2,1H3. The van der Waals surface area contributed by atoms with Crippen LogP contribution in [0.3, 0.4) is 0 Å². The van der Waals surface area contributed by atoms with Gasteiger partial charge >= 0.3 is 0 Å². The summed E-state index contributed by atoms with van der Waals surface area (Å²) >= 11 is 0. The maximum absolute atomic E-state index is 13.0. The van der Waals surface area contributed by atoms with E-state index in [4.69, 9.17) is 0 Å². The molecule has 0 saturated carbocycles. The number of nitrogens with zero attached hydrogens (tertiary/aromatic N) is 10. The zero-order chi connectivity index (χ0) is 21.2. The Morgan fingerprint density at radius 3 is 2.48 bits per heavy atom. The summed E-state index contributed by atoms with van der Waals surface area (Å²) in [7, 11) is 0. The van der Waals surface area contributed by atoms with Crippen molar-refractivity contribution in [1.82, 2.24) is 44.9 Å². The van der Waals surface area contributed by atoms with Crippen LogP contribution in [0.15, 0.2) is 55.1 Å². The SMILES string of the molecule is Cc1nccn1-c1ccc(N2CCN(C(=O)c3cccc(-n4cnnn4)c3)CC2)nn1. The smallest absolute Gasteiger partial charge is 0.254 e. The molecule has 0 radical (unpaired) electrons. The highest BCUT2D eigenvalue weighted by Crippen LogP contribution is 2.17. The second kappa shape index (κ2) is 7.94. The number of aromatic nitrogens is 8. The molecule has 1 aromatic carbocycles. The van der Waals surface area contributed by atoms with Crippen molar-refractivity contribution < 1.29 is 4.79 Å². The molecule has 0 bridgehead atoms. The van der Waals surface area contributed by atoms with Crippen LogP contribution in [0.1, 0.15) is 16.2 Å². The van der Waals surface area contributed by atoms with E-state index in [0.29, 0.717) is 31.7 Å². The zero-order valence-electron chi connectivity index (χ0n) is 16.9. The fraction of sp³-hybridized carbons (Fsp3) is 0.250. The van der Waals surface area contributed by atoms with E-state index in [2.05, 4.69) is 35.6 Å². The molecule has 1 aliphatic rings. The molecule has 0 spiro atoms. The summed E-state index contributed by atoms with van der Waals surface area (Å²) < 4.78 is 3.42. The summed E-state index contributed by atoms with van der Waals surface area (Å²) in [6, 6.07) is 11.2. The molecule has 11 heteroatoms. The molecule has 0 atom stereocenters. The third kappa shape index (κ3) is 3.72. The molecule has 156 valence electrons. The number of imidazole rings is 1. The van der Waals surface area contributed by atoms with Gasteiger partial charge in [0.15, 0.2) is 11.6 Å². The summed E-state index contributed by atoms with van der Waals surface area (Å²) in [5, 5.41) is 19.9. The Bertz CT molecular complexity index is 1180. The summed E-state index contributed by atoms with van der Waals surface area (Å²) in [6.45, 7) is 4.52. The predicted molar refractivity (Wildman–Crippen MR) is 111 cm³/mol. The van der Waals surface area contributed by atoms with Crippen molar-refractivity contribution in [1.29, 1.82) is 0 Å². The van der Waals surface area contributed by atoms with Crippen molar-refractivity contribution >= 4 is 11.7 Å². The van der Waals surface area contributed by atoms with Gasteiger partial charge in [0.25, 0.3) is 5.91 Å². The predicted octanol–water partition coefficient (Wildman–Crippen LogP) is 0.909.